The second-order valence-electron chi connectivity index (χ2n) is 7.92. The number of ether oxygens (including phenoxy) is 1. The SMILES string of the molecule is Cc1nn(-c2ccc(-c3ccc(O[C@@H]4CC5CC[C@@H](C4)N5)nn3)c(O)c2)cc1N. The molecule has 5 rings (SSSR count). The third kappa shape index (κ3) is 3.51. The van der Waals surface area contributed by atoms with Crippen LogP contribution >= 0.6 is 0 Å². The number of nitrogen functional groups attached to an aromatic ring is 1. The first-order valence-corrected chi connectivity index (χ1v) is 9.97. The second-order valence-corrected chi connectivity index (χ2v) is 7.92. The van der Waals surface area contributed by atoms with Crippen molar-refractivity contribution in [2.75, 3.05) is 5.73 Å². The summed E-state index contributed by atoms with van der Waals surface area (Å²) in [7, 11) is 0. The zero-order valence-corrected chi connectivity index (χ0v) is 16.2. The molecule has 29 heavy (non-hydrogen) atoms. The molecule has 3 atom stereocenters. The summed E-state index contributed by atoms with van der Waals surface area (Å²) >= 11 is 0. The number of rotatable bonds is 4. The van der Waals surface area contributed by atoms with Gasteiger partial charge in [0.05, 0.1) is 29.0 Å². The Kier molecular flexibility index (Phi) is 4.35. The van der Waals surface area contributed by atoms with E-state index < -0.39 is 0 Å². The summed E-state index contributed by atoms with van der Waals surface area (Å²) < 4.78 is 7.69. The number of nitrogens with two attached hydrogens (primary N) is 1. The van der Waals surface area contributed by atoms with E-state index in [1.807, 2.05) is 25.1 Å². The van der Waals surface area contributed by atoms with Gasteiger partial charge in [-0.3, -0.25) is 0 Å². The molecular weight excluding hydrogens is 368 g/mol. The second kappa shape index (κ2) is 7.04. The number of aromatic hydroxyl groups is 1. The molecule has 2 aromatic heterocycles. The lowest BCUT2D eigenvalue weighted by Gasteiger charge is -2.28. The van der Waals surface area contributed by atoms with Gasteiger partial charge >= 0.3 is 0 Å². The van der Waals surface area contributed by atoms with Crippen LogP contribution in [-0.4, -0.2) is 43.3 Å². The van der Waals surface area contributed by atoms with Crippen LogP contribution in [0.25, 0.3) is 16.9 Å². The summed E-state index contributed by atoms with van der Waals surface area (Å²) in [6.07, 6.45) is 6.40. The van der Waals surface area contributed by atoms with Gasteiger partial charge in [0, 0.05) is 29.8 Å². The van der Waals surface area contributed by atoms with Crippen LogP contribution in [0.2, 0.25) is 0 Å². The largest absolute Gasteiger partial charge is 0.507 e. The smallest absolute Gasteiger partial charge is 0.233 e. The third-order valence-corrected chi connectivity index (χ3v) is 5.82. The predicted molar refractivity (Wildman–Crippen MR) is 109 cm³/mol. The van der Waals surface area contributed by atoms with Gasteiger partial charge in [0.2, 0.25) is 5.88 Å². The van der Waals surface area contributed by atoms with Gasteiger partial charge in [-0.1, -0.05) is 0 Å². The lowest BCUT2D eigenvalue weighted by molar-refractivity contribution is 0.130. The lowest BCUT2D eigenvalue weighted by atomic mass is 10.0. The molecule has 0 aliphatic carbocycles. The molecule has 8 heteroatoms. The standard InChI is InChI=1S/C21H24N6O2/c1-12-18(22)11-27(26-12)15-4-5-17(20(28)10-15)19-6-7-21(25-24-19)29-16-8-13-2-3-14(9-16)23-13/h4-7,10-11,13-14,16,23,28H,2-3,8-9,22H2,1H3/t13-,14?,16-/m0/s1. The Morgan fingerprint density at radius 1 is 1.14 bits per heavy atom. The highest BCUT2D eigenvalue weighted by Crippen LogP contribution is 2.32. The molecule has 1 unspecified atom stereocenters. The molecule has 0 amide bonds. The fourth-order valence-corrected chi connectivity index (χ4v) is 4.28. The van der Waals surface area contributed by atoms with Crippen LogP contribution in [0.3, 0.4) is 0 Å². The van der Waals surface area contributed by atoms with E-state index in [4.69, 9.17) is 10.5 Å². The number of benzene rings is 1. The van der Waals surface area contributed by atoms with E-state index in [2.05, 4.69) is 20.6 Å². The van der Waals surface area contributed by atoms with Crippen molar-refractivity contribution in [1.29, 1.82) is 0 Å². The number of nitrogens with zero attached hydrogens (tertiary/aromatic N) is 4. The van der Waals surface area contributed by atoms with Crippen LogP contribution in [0.15, 0.2) is 36.5 Å². The van der Waals surface area contributed by atoms with Gasteiger partial charge in [-0.2, -0.15) is 5.10 Å². The molecule has 2 bridgehead atoms. The van der Waals surface area contributed by atoms with Crippen molar-refractivity contribution in [1.82, 2.24) is 25.3 Å². The number of piperidine rings is 1. The molecule has 1 aromatic carbocycles. The van der Waals surface area contributed by atoms with Gasteiger partial charge in [0.15, 0.2) is 0 Å². The van der Waals surface area contributed by atoms with Crippen molar-refractivity contribution in [2.45, 2.75) is 50.8 Å². The number of nitrogens with one attached hydrogen (secondary N) is 1. The number of aryl methyl sites for hydroxylation is 1. The van der Waals surface area contributed by atoms with Gasteiger partial charge in [0.25, 0.3) is 0 Å². The average molecular weight is 392 g/mol. The molecule has 4 heterocycles. The maximum absolute atomic E-state index is 10.5. The first-order chi connectivity index (χ1) is 14.0. The van der Waals surface area contributed by atoms with Crippen molar-refractivity contribution in [3.63, 3.8) is 0 Å². The monoisotopic (exact) mass is 392 g/mol. The van der Waals surface area contributed by atoms with Crippen molar-refractivity contribution >= 4 is 5.69 Å². The summed E-state index contributed by atoms with van der Waals surface area (Å²) in [5.41, 5.74) is 9.12. The van der Waals surface area contributed by atoms with E-state index in [1.165, 1.54) is 12.8 Å². The normalized spacial score (nSPS) is 23.3. The van der Waals surface area contributed by atoms with Crippen LogP contribution in [0.4, 0.5) is 5.69 Å². The van der Waals surface area contributed by atoms with Gasteiger partial charge in [0.1, 0.15) is 11.9 Å². The molecule has 8 nitrogen and oxygen atoms in total. The molecule has 3 aromatic rings. The molecule has 2 aliphatic heterocycles. The molecule has 2 fully saturated rings. The molecule has 0 radical (unpaired) electrons. The molecule has 150 valence electrons. The Morgan fingerprint density at radius 3 is 2.55 bits per heavy atom. The molecule has 0 saturated carbocycles. The Morgan fingerprint density at radius 2 is 1.93 bits per heavy atom. The number of phenols is 1. The first-order valence-electron chi connectivity index (χ1n) is 9.97. The van der Waals surface area contributed by atoms with Gasteiger partial charge in [-0.25, -0.2) is 4.68 Å². The van der Waals surface area contributed by atoms with E-state index in [1.54, 1.807) is 23.0 Å². The third-order valence-electron chi connectivity index (χ3n) is 5.82. The summed E-state index contributed by atoms with van der Waals surface area (Å²) in [6.45, 7) is 1.84. The van der Waals surface area contributed by atoms with Crippen LogP contribution in [0.1, 0.15) is 31.4 Å². The van der Waals surface area contributed by atoms with Crippen molar-refractivity contribution < 1.29 is 9.84 Å². The zero-order chi connectivity index (χ0) is 20.0. The summed E-state index contributed by atoms with van der Waals surface area (Å²) in [5.74, 6) is 0.630. The number of anilines is 1. The van der Waals surface area contributed by atoms with Gasteiger partial charge < -0.3 is 20.9 Å². The number of fused-ring (bicyclic) bond motifs is 2. The summed E-state index contributed by atoms with van der Waals surface area (Å²) in [4.78, 5) is 0. The van der Waals surface area contributed by atoms with E-state index >= 15 is 0 Å². The number of hydrogen-bond donors (Lipinski definition) is 3. The summed E-state index contributed by atoms with van der Waals surface area (Å²) in [6, 6.07) is 10.1. The average Bonchev–Trinajstić information content (AvgIpc) is 3.23. The maximum atomic E-state index is 10.5. The minimum absolute atomic E-state index is 0.104. The highest BCUT2D eigenvalue weighted by Gasteiger charge is 2.34. The van der Waals surface area contributed by atoms with Crippen LogP contribution in [-0.2, 0) is 0 Å². The molecular formula is C21H24N6O2. The highest BCUT2D eigenvalue weighted by atomic mass is 16.5. The Balaban J connectivity index is 1.32. The molecule has 2 aliphatic rings. The van der Waals surface area contributed by atoms with E-state index in [0.717, 1.165) is 24.2 Å². The number of hydrogen-bond acceptors (Lipinski definition) is 7. The predicted octanol–water partition coefficient (Wildman–Crippen LogP) is 2.59. The Bertz CT molecular complexity index is 1000. The lowest BCUT2D eigenvalue weighted by Crippen LogP contribution is -2.42. The quantitative estimate of drug-likeness (QED) is 0.626. The van der Waals surface area contributed by atoms with Crippen molar-refractivity contribution in [3.8, 4) is 28.6 Å². The molecule has 4 N–H and O–H groups in total. The number of aromatic nitrogens is 4. The summed E-state index contributed by atoms with van der Waals surface area (Å²) in [5, 5.41) is 26.9. The van der Waals surface area contributed by atoms with Crippen LogP contribution < -0.4 is 15.8 Å². The fraction of sp³-hybridized carbons (Fsp3) is 0.381. The van der Waals surface area contributed by atoms with E-state index in [0.29, 0.717) is 34.9 Å². The molecule has 2 saturated heterocycles. The maximum Gasteiger partial charge on any atom is 0.233 e. The molecule has 0 spiro atoms. The topological polar surface area (TPSA) is 111 Å². The minimum Gasteiger partial charge on any atom is -0.507 e. The Hall–Kier alpha value is -3.13. The number of phenolic OH excluding ortho intramolecular Hbond substituents is 1. The zero-order valence-electron chi connectivity index (χ0n) is 16.2. The highest BCUT2D eigenvalue weighted by molar-refractivity contribution is 5.68. The van der Waals surface area contributed by atoms with Crippen LogP contribution in [0.5, 0.6) is 11.6 Å². The van der Waals surface area contributed by atoms with Crippen LogP contribution in [0, 0.1) is 6.92 Å². The first kappa shape index (κ1) is 17.9. The Labute approximate surface area is 168 Å². The van der Waals surface area contributed by atoms with E-state index in [9.17, 15) is 5.11 Å². The van der Waals surface area contributed by atoms with Crippen molar-refractivity contribution in [2.24, 2.45) is 0 Å². The van der Waals surface area contributed by atoms with Gasteiger partial charge in [-0.15, -0.1) is 10.2 Å². The minimum atomic E-state index is 0.104. The van der Waals surface area contributed by atoms with E-state index in [-0.39, 0.29) is 11.9 Å². The fourth-order valence-electron chi connectivity index (χ4n) is 4.28. The van der Waals surface area contributed by atoms with Crippen molar-refractivity contribution in [3.05, 3.63) is 42.2 Å². The van der Waals surface area contributed by atoms with Gasteiger partial charge in [-0.05, 0) is 50.8 Å².